The van der Waals surface area contributed by atoms with Crippen LogP contribution >= 0.6 is 39.1 Å². The fraction of sp³-hybridized carbons (Fsp3) is 0. The van der Waals surface area contributed by atoms with E-state index in [0.717, 1.165) is 0 Å². The SMILES string of the molecule is Fc1ccc(-c2nc(Br)ns2)c(Cl)c1. The van der Waals surface area contributed by atoms with Crippen LogP contribution in [0.5, 0.6) is 0 Å². The minimum absolute atomic E-state index is 0.341. The largest absolute Gasteiger partial charge is 0.209 e. The van der Waals surface area contributed by atoms with Crippen molar-refractivity contribution >= 4 is 39.1 Å². The van der Waals surface area contributed by atoms with Gasteiger partial charge in [-0.25, -0.2) is 9.37 Å². The Kier molecular flexibility index (Phi) is 2.80. The summed E-state index contributed by atoms with van der Waals surface area (Å²) < 4.78 is 17.2. The van der Waals surface area contributed by atoms with Crippen LogP contribution in [0.1, 0.15) is 0 Å². The lowest BCUT2D eigenvalue weighted by Gasteiger charge is -1.98. The Bertz CT molecular complexity index is 474. The van der Waals surface area contributed by atoms with E-state index < -0.39 is 0 Å². The molecule has 1 aromatic heterocycles. The molecule has 0 aliphatic heterocycles. The van der Waals surface area contributed by atoms with Crippen LogP contribution in [0.2, 0.25) is 5.02 Å². The number of nitrogens with zero attached hydrogens (tertiary/aromatic N) is 2. The summed E-state index contributed by atoms with van der Waals surface area (Å²) in [6.07, 6.45) is 0. The Balaban J connectivity index is 2.52. The molecule has 72 valence electrons. The van der Waals surface area contributed by atoms with Gasteiger partial charge in [-0.15, -0.1) is 0 Å². The van der Waals surface area contributed by atoms with Crippen LogP contribution in [0.15, 0.2) is 22.9 Å². The molecule has 0 amide bonds. The Morgan fingerprint density at radius 1 is 1.43 bits per heavy atom. The highest BCUT2D eigenvalue weighted by Crippen LogP contribution is 2.30. The van der Waals surface area contributed by atoms with Gasteiger partial charge in [-0.05, 0) is 45.7 Å². The molecule has 0 aliphatic rings. The van der Waals surface area contributed by atoms with Crippen molar-refractivity contribution in [3.8, 4) is 10.6 Å². The van der Waals surface area contributed by atoms with E-state index >= 15 is 0 Å². The van der Waals surface area contributed by atoms with Gasteiger partial charge in [0, 0.05) is 5.56 Å². The number of halogens is 3. The normalized spacial score (nSPS) is 10.5. The van der Waals surface area contributed by atoms with Crippen LogP contribution in [-0.2, 0) is 0 Å². The van der Waals surface area contributed by atoms with E-state index in [1.165, 1.54) is 23.7 Å². The van der Waals surface area contributed by atoms with E-state index in [0.29, 0.717) is 20.3 Å². The Morgan fingerprint density at radius 2 is 2.21 bits per heavy atom. The summed E-state index contributed by atoms with van der Waals surface area (Å²) in [6.45, 7) is 0. The van der Waals surface area contributed by atoms with Crippen LogP contribution in [0.25, 0.3) is 10.6 Å². The molecule has 2 rings (SSSR count). The summed E-state index contributed by atoms with van der Waals surface area (Å²) in [5.74, 6) is -0.359. The van der Waals surface area contributed by atoms with Crippen molar-refractivity contribution in [2.45, 2.75) is 0 Å². The van der Waals surface area contributed by atoms with Crippen LogP contribution in [0, 0.1) is 5.82 Å². The van der Waals surface area contributed by atoms with Gasteiger partial charge in [0.1, 0.15) is 10.8 Å². The fourth-order valence-electron chi connectivity index (χ4n) is 0.978. The number of hydrogen-bond donors (Lipinski definition) is 0. The lowest BCUT2D eigenvalue weighted by molar-refractivity contribution is 0.628. The lowest BCUT2D eigenvalue weighted by Crippen LogP contribution is -1.80. The number of rotatable bonds is 1. The van der Waals surface area contributed by atoms with E-state index in [-0.39, 0.29) is 5.82 Å². The zero-order valence-corrected chi connectivity index (χ0v) is 9.83. The number of aromatic nitrogens is 2. The molecule has 0 atom stereocenters. The highest BCUT2D eigenvalue weighted by atomic mass is 79.9. The molecule has 0 fully saturated rings. The van der Waals surface area contributed by atoms with Crippen LogP contribution < -0.4 is 0 Å². The quantitative estimate of drug-likeness (QED) is 0.800. The van der Waals surface area contributed by atoms with E-state index in [2.05, 4.69) is 25.3 Å². The molecule has 0 saturated carbocycles. The van der Waals surface area contributed by atoms with E-state index in [9.17, 15) is 4.39 Å². The summed E-state index contributed by atoms with van der Waals surface area (Å²) in [5.41, 5.74) is 0.691. The second-order valence-corrected chi connectivity index (χ2v) is 4.36. The number of hydrogen-bond acceptors (Lipinski definition) is 3. The van der Waals surface area contributed by atoms with Gasteiger partial charge < -0.3 is 0 Å². The molecule has 2 aromatic rings. The Morgan fingerprint density at radius 3 is 2.79 bits per heavy atom. The second kappa shape index (κ2) is 3.92. The minimum atomic E-state index is -0.359. The Hall–Kier alpha value is -0.520. The maximum Gasteiger partial charge on any atom is 0.209 e. The zero-order valence-electron chi connectivity index (χ0n) is 6.67. The van der Waals surface area contributed by atoms with Gasteiger partial charge in [-0.1, -0.05) is 11.6 Å². The van der Waals surface area contributed by atoms with Gasteiger partial charge in [0.15, 0.2) is 0 Å². The minimum Gasteiger partial charge on any atom is -0.209 e. The summed E-state index contributed by atoms with van der Waals surface area (Å²) in [5, 5.41) is 1.01. The van der Waals surface area contributed by atoms with Gasteiger partial charge >= 0.3 is 0 Å². The molecule has 1 aromatic carbocycles. The van der Waals surface area contributed by atoms with Gasteiger partial charge in [0.2, 0.25) is 4.73 Å². The third-order valence-corrected chi connectivity index (χ3v) is 3.21. The molecule has 14 heavy (non-hydrogen) atoms. The van der Waals surface area contributed by atoms with E-state index in [1.54, 1.807) is 6.07 Å². The predicted octanol–water partition coefficient (Wildman–Crippen LogP) is 3.76. The van der Waals surface area contributed by atoms with Crippen molar-refractivity contribution in [2.75, 3.05) is 0 Å². The average Bonchev–Trinajstić information content (AvgIpc) is 2.51. The van der Waals surface area contributed by atoms with Crippen molar-refractivity contribution < 1.29 is 4.39 Å². The van der Waals surface area contributed by atoms with Crippen LogP contribution in [-0.4, -0.2) is 9.36 Å². The van der Waals surface area contributed by atoms with Gasteiger partial charge in [0.25, 0.3) is 0 Å². The van der Waals surface area contributed by atoms with Crippen molar-refractivity contribution in [3.05, 3.63) is 33.8 Å². The maximum atomic E-state index is 12.7. The average molecular weight is 294 g/mol. The molecule has 2 nitrogen and oxygen atoms in total. The van der Waals surface area contributed by atoms with E-state index in [1.807, 2.05) is 0 Å². The summed E-state index contributed by atoms with van der Waals surface area (Å²) in [7, 11) is 0. The molecule has 0 saturated heterocycles. The molecule has 0 radical (unpaired) electrons. The lowest BCUT2D eigenvalue weighted by atomic mass is 10.2. The van der Waals surface area contributed by atoms with Crippen molar-refractivity contribution in [3.63, 3.8) is 0 Å². The summed E-state index contributed by atoms with van der Waals surface area (Å²) in [6, 6.07) is 4.19. The first-order chi connectivity index (χ1) is 6.66. The molecule has 6 heteroatoms. The van der Waals surface area contributed by atoms with Crippen molar-refractivity contribution in [2.24, 2.45) is 0 Å². The van der Waals surface area contributed by atoms with Crippen LogP contribution in [0.3, 0.4) is 0 Å². The first kappa shape index (κ1) is 10.0. The van der Waals surface area contributed by atoms with Gasteiger partial charge in [-0.2, -0.15) is 4.37 Å². The summed E-state index contributed by atoms with van der Waals surface area (Å²) in [4.78, 5) is 4.09. The van der Waals surface area contributed by atoms with Crippen molar-refractivity contribution in [1.82, 2.24) is 9.36 Å². The standard InChI is InChI=1S/C8H3BrClFN2S/c9-8-12-7(14-13-8)5-2-1-4(11)3-6(5)10/h1-3H. The van der Waals surface area contributed by atoms with Crippen LogP contribution in [0.4, 0.5) is 4.39 Å². The monoisotopic (exact) mass is 292 g/mol. The Labute approximate surface area is 97.0 Å². The third kappa shape index (κ3) is 1.94. The molecule has 0 spiro atoms. The summed E-state index contributed by atoms with van der Waals surface area (Å²) >= 11 is 10.2. The first-order valence-corrected chi connectivity index (χ1v) is 5.56. The molecule has 0 bridgehead atoms. The predicted molar refractivity (Wildman–Crippen MR) is 58.0 cm³/mol. The van der Waals surface area contributed by atoms with Gasteiger partial charge in [0.05, 0.1) is 5.02 Å². The maximum absolute atomic E-state index is 12.7. The molecular weight excluding hydrogens is 291 g/mol. The number of benzene rings is 1. The first-order valence-electron chi connectivity index (χ1n) is 3.61. The highest BCUT2D eigenvalue weighted by molar-refractivity contribution is 9.10. The van der Waals surface area contributed by atoms with E-state index in [4.69, 9.17) is 11.6 Å². The molecule has 0 N–H and O–H groups in total. The van der Waals surface area contributed by atoms with Crippen molar-refractivity contribution in [1.29, 1.82) is 0 Å². The molecule has 0 aliphatic carbocycles. The van der Waals surface area contributed by atoms with Gasteiger partial charge in [-0.3, -0.25) is 0 Å². The molecule has 0 unspecified atom stereocenters. The highest BCUT2D eigenvalue weighted by Gasteiger charge is 2.09. The molecular formula is C8H3BrClFN2S. The fourth-order valence-corrected chi connectivity index (χ4v) is 2.41. The second-order valence-electron chi connectivity index (χ2n) is 2.49. The topological polar surface area (TPSA) is 25.8 Å². The molecule has 1 heterocycles. The smallest absolute Gasteiger partial charge is 0.209 e. The zero-order chi connectivity index (χ0) is 10.1. The third-order valence-electron chi connectivity index (χ3n) is 1.56.